The largest absolute Gasteiger partial charge is 0.314 e. The van der Waals surface area contributed by atoms with Crippen LogP contribution in [0.5, 0.6) is 0 Å². The molecule has 0 aromatic heterocycles. The summed E-state index contributed by atoms with van der Waals surface area (Å²) in [6, 6.07) is 0. The summed E-state index contributed by atoms with van der Waals surface area (Å²) in [5.41, 5.74) is 0. The van der Waals surface area contributed by atoms with E-state index < -0.39 is 0 Å². The highest BCUT2D eigenvalue weighted by atomic mass is 15.2. The van der Waals surface area contributed by atoms with E-state index in [2.05, 4.69) is 15.1 Å². The minimum absolute atomic E-state index is 1.17. The summed E-state index contributed by atoms with van der Waals surface area (Å²) in [4.78, 5) is 5.14. The Hall–Kier alpha value is -0.120. The van der Waals surface area contributed by atoms with Gasteiger partial charge in [0, 0.05) is 26.2 Å². The molecule has 0 spiro atoms. The van der Waals surface area contributed by atoms with Crippen molar-refractivity contribution in [2.75, 3.05) is 52.4 Å². The van der Waals surface area contributed by atoms with Crippen molar-refractivity contribution in [3.05, 3.63) is 0 Å². The van der Waals surface area contributed by atoms with Crippen LogP contribution in [0, 0.1) is 0 Å². The van der Waals surface area contributed by atoms with Crippen LogP contribution in [-0.2, 0) is 0 Å². The van der Waals surface area contributed by atoms with Gasteiger partial charge in [0.2, 0.25) is 0 Å². The van der Waals surface area contributed by atoms with Crippen molar-refractivity contribution < 1.29 is 0 Å². The van der Waals surface area contributed by atoms with E-state index in [9.17, 15) is 0 Å². The van der Waals surface area contributed by atoms with E-state index in [1.54, 1.807) is 0 Å². The molecule has 0 aromatic rings. The standard InChI is InChI=1S/C12H25N3/c1-2-8-14(7-1)11-5-13-6-12-15-9-3-4-10-15/h13H,1-12H2. The molecular formula is C12H25N3. The average Bonchev–Trinajstić information content (AvgIpc) is 2.88. The number of hydrogen-bond donors (Lipinski definition) is 1. The van der Waals surface area contributed by atoms with Crippen LogP contribution in [0.4, 0.5) is 0 Å². The molecule has 0 bridgehead atoms. The van der Waals surface area contributed by atoms with E-state index in [-0.39, 0.29) is 0 Å². The molecule has 0 amide bonds. The van der Waals surface area contributed by atoms with Crippen molar-refractivity contribution in [1.82, 2.24) is 15.1 Å². The van der Waals surface area contributed by atoms with Crippen LogP contribution < -0.4 is 5.32 Å². The number of nitrogens with one attached hydrogen (secondary N) is 1. The second kappa shape index (κ2) is 6.46. The summed E-state index contributed by atoms with van der Waals surface area (Å²) in [5.74, 6) is 0. The molecule has 3 nitrogen and oxygen atoms in total. The lowest BCUT2D eigenvalue weighted by molar-refractivity contribution is 0.314. The molecule has 3 heteroatoms. The first-order valence-electron chi connectivity index (χ1n) is 6.60. The lowest BCUT2D eigenvalue weighted by Gasteiger charge is -2.17. The van der Waals surface area contributed by atoms with Crippen molar-refractivity contribution in [2.24, 2.45) is 0 Å². The highest BCUT2D eigenvalue weighted by molar-refractivity contribution is 4.69. The zero-order chi connectivity index (χ0) is 10.3. The first kappa shape index (κ1) is 11.4. The first-order valence-corrected chi connectivity index (χ1v) is 6.60. The second-order valence-corrected chi connectivity index (χ2v) is 4.85. The smallest absolute Gasteiger partial charge is 0.0107 e. The van der Waals surface area contributed by atoms with Crippen molar-refractivity contribution in [2.45, 2.75) is 25.7 Å². The molecule has 2 saturated heterocycles. The summed E-state index contributed by atoms with van der Waals surface area (Å²) in [7, 11) is 0. The summed E-state index contributed by atoms with van der Waals surface area (Å²) < 4.78 is 0. The van der Waals surface area contributed by atoms with Gasteiger partial charge in [-0.25, -0.2) is 0 Å². The van der Waals surface area contributed by atoms with Gasteiger partial charge in [-0.15, -0.1) is 0 Å². The normalized spacial score (nSPS) is 24.0. The van der Waals surface area contributed by atoms with E-state index in [4.69, 9.17) is 0 Å². The minimum atomic E-state index is 1.17. The molecule has 2 heterocycles. The van der Waals surface area contributed by atoms with Crippen molar-refractivity contribution >= 4 is 0 Å². The Morgan fingerprint density at radius 1 is 0.667 bits per heavy atom. The van der Waals surface area contributed by atoms with Gasteiger partial charge in [0.25, 0.3) is 0 Å². The summed E-state index contributed by atoms with van der Waals surface area (Å²) >= 11 is 0. The molecule has 0 aromatic carbocycles. The number of nitrogens with zero attached hydrogens (tertiary/aromatic N) is 2. The molecule has 0 atom stereocenters. The Morgan fingerprint density at radius 3 is 1.47 bits per heavy atom. The molecular weight excluding hydrogens is 186 g/mol. The van der Waals surface area contributed by atoms with E-state index in [0.717, 1.165) is 0 Å². The average molecular weight is 211 g/mol. The predicted octanol–water partition coefficient (Wildman–Crippen LogP) is 0.768. The zero-order valence-electron chi connectivity index (χ0n) is 9.88. The Bertz CT molecular complexity index is 142. The van der Waals surface area contributed by atoms with Crippen LogP contribution in [0.1, 0.15) is 25.7 Å². The van der Waals surface area contributed by atoms with Crippen LogP contribution >= 0.6 is 0 Å². The van der Waals surface area contributed by atoms with Gasteiger partial charge < -0.3 is 15.1 Å². The van der Waals surface area contributed by atoms with Crippen LogP contribution in [0.2, 0.25) is 0 Å². The quantitative estimate of drug-likeness (QED) is 0.655. The Morgan fingerprint density at radius 2 is 1.07 bits per heavy atom. The molecule has 2 rings (SSSR count). The monoisotopic (exact) mass is 211 g/mol. The molecule has 2 fully saturated rings. The highest BCUT2D eigenvalue weighted by Crippen LogP contribution is 2.06. The van der Waals surface area contributed by atoms with Crippen LogP contribution in [-0.4, -0.2) is 62.2 Å². The maximum Gasteiger partial charge on any atom is 0.0107 e. The third kappa shape index (κ3) is 4.09. The molecule has 88 valence electrons. The molecule has 0 saturated carbocycles. The molecule has 0 aliphatic carbocycles. The van der Waals surface area contributed by atoms with Gasteiger partial charge in [0.1, 0.15) is 0 Å². The fourth-order valence-electron chi connectivity index (χ4n) is 2.61. The summed E-state index contributed by atoms with van der Waals surface area (Å²) in [6.07, 6.45) is 5.64. The fourth-order valence-corrected chi connectivity index (χ4v) is 2.61. The molecule has 15 heavy (non-hydrogen) atoms. The second-order valence-electron chi connectivity index (χ2n) is 4.85. The van der Waals surface area contributed by atoms with E-state index in [1.165, 1.54) is 78.0 Å². The van der Waals surface area contributed by atoms with Gasteiger partial charge in [-0.2, -0.15) is 0 Å². The topological polar surface area (TPSA) is 18.5 Å². The Kier molecular flexibility index (Phi) is 4.90. The van der Waals surface area contributed by atoms with Crippen LogP contribution in [0.15, 0.2) is 0 Å². The van der Waals surface area contributed by atoms with Gasteiger partial charge in [0.05, 0.1) is 0 Å². The maximum atomic E-state index is 3.56. The van der Waals surface area contributed by atoms with E-state index >= 15 is 0 Å². The van der Waals surface area contributed by atoms with Gasteiger partial charge in [-0.1, -0.05) is 0 Å². The minimum Gasteiger partial charge on any atom is -0.314 e. The van der Waals surface area contributed by atoms with Gasteiger partial charge in [-0.3, -0.25) is 0 Å². The Labute approximate surface area is 93.8 Å². The van der Waals surface area contributed by atoms with Gasteiger partial charge in [-0.05, 0) is 51.9 Å². The van der Waals surface area contributed by atoms with Crippen LogP contribution in [0.25, 0.3) is 0 Å². The van der Waals surface area contributed by atoms with Crippen molar-refractivity contribution in [1.29, 1.82) is 0 Å². The van der Waals surface area contributed by atoms with Crippen LogP contribution in [0.3, 0.4) is 0 Å². The van der Waals surface area contributed by atoms with Gasteiger partial charge in [0.15, 0.2) is 0 Å². The third-order valence-corrected chi connectivity index (χ3v) is 3.61. The summed E-state index contributed by atoms with van der Waals surface area (Å²) in [6.45, 7) is 10.2. The molecule has 2 aliphatic rings. The molecule has 2 aliphatic heterocycles. The number of hydrogen-bond acceptors (Lipinski definition) is 3. The third-order valence-electron chi connectivity index (χ3n) is 3.61. The highest BCUT2D eigenvalue weighted by Gasteiger charge is 2.11. The van der Waals surface area contributed by atoms with E-state index in [0.29, 0.717) is 0 Å². The lowest BCUT2D eigenvalue weighted by Crippen LogP contribution is -2.34. The molecule has 0 radical (unpaired) electrons. The predicted molar refractivity (Wildman–Crippen MR) is 64.2 cm³/mol. The SMILES string of the molecule is C1CCN(CCNCCN2CCCC2)C1. The lowest BCUT2D eigenvalue weighted by atomic mass is 10.4. The zero-order valence-corrected chi connectivity index (χ0v) is 9.88. The molecule has 0 unspecified atom stereocenters. The number of rotatable bonds is 6. The maximum absolute atomic E-state index is 3.56. The van der Waals surface area contributed by atoms with Gasteiger partial charge >= 0.3 is 0 Å². The van der Waals surface area contributed by atoms with E-state index in [1.807, 2.05) is 0 Å². The summed E-state index contributed by atoms with van der Waals surface area (Å²) in [5, 5.41) is 3.56. The molecule has 1 N–H and O–H groups in total. The Balaban J connectivity index is 1.41. The number of likely N-dealkylation sites (tertiary alicyclic amines) is 2. The van der Waals surface area contributed by atoms with Crippen molar-refractivity contribution in [3.63, 3.8) is 0 Å². The first-order chi connectivity index (χ1) is 7.45. The fraction of sp³-hybridized carbons (Fsp3) is 1.00. The van der Waals surface area contributed by atoms with Crippen molar-refractivity contribution in [3.8, 4) is 0 Å².